The fraction of sp³-hybridized carbons (Fsp3) is 0.391. The van der Waals surface area contributed by atoms with Gasteiger partial charge in [0.05, 0.1) is 25.6 Å². The Morgan fingerprint density at radius 1 is 0.926 bits per heavy atom. The minimum atomic E-state index is -0.882. The average Bonchev–Trinajstić information content (AvgIpc) is 2.98. The molecular weight excluding hydrogens is 340 g/mol. The van der Waals surface area contributed by atoms with E-state index < -0.39 is 10.8 Å². The molecule has 0 saturated heterocycles. The van der Waals surface area contributed by atoms with Crippen LogP contribution in [-0.4, -0.2) is 26.2 Å². The maximum atomic E-state index is 12.9. The third-order valence-corrected chi connectivity index (χ3v) is 6.04. The number of hydrogen-bond acceptors (Lipinski definition) is 4. The zero-order valence-corrected chi connectivity index (χ0v) is 16.5. The lowest BCUT2D eigenvalue weighted by Crippen LogP contribution is -2.49. The van der Waals surface area contributed by atoms with Crippen LogP contribution < -0.4 is 0 Å². The molecule has 2 aromatic carbocycles. The molecule has 2 aromatic rings. The van der Waals surface area contributed by atoms with Gasteiger partial charge < -0.3 is 9.47 Å². The lowest BCUT2D eigenvalue weighted by atomic mass is 9.57. The molecule has 0 heterocycles. The van der Waals surface area contributed by atoms with Gasteiger partial charge in [0, 0.05) is 5.41 Å². The number of rotatable bonds is 5. The molecule has 0 aromatic heterocycles. The standard InChI is InChI=1S/C23H26O4/c1-15(20(24)26-4)14-23(22(2,3)21(25)27-5)18-12-8-6-10-16(18)17-11-7-9-13-19(17)23/h6-13,15H,14H2,1-5H3. The second-order valence-corrected chi connectivity index (χ2v) is 7.74. The quantitative estimate of drug-likeness (QED) is 0.738. The summed E-state index contributed by atoms with van der Waals surface area (Å²) in [7, 11) is 2.81. The zero-order chi connectivity index (χ0) is 19.8. The molecule has 0 N–H and O–H groups in total. The number of esters is 2. The molecule has 0 saturated carbocycles. The van der Waals surface area contributed by atoms with Crippen LogP contribution in [0.4, 0.5) is 0 Å². The highest BCUT2D eigenvalue weighted by molar-refractivity contribution is 5.88. The van der Waals surface area contributed by atoms with Crippen molar-refractivity contribution >= 4 is 11.9 Å². The molecule has 1 aliphatic rings. The molecule has 4 heteroatoms. The van der Waals surface area contributed by atoms with Crippen LogP contribution in [0, 0.1) is 11.3 Å². The predicted octanol–water partition coefficient (Wildman–Crippen LogP) is 4.35. The van der Waals surface area contributed by atoms with Crippen molar-refractivity contribution in [1.82, 2.24) is 0 Å². The van der Waals surface area contributed by atoms with Gasteiger partial charge in [0.25, 0.3) is 0 Å². The van der Waals surface area contributed by atoms with E-state index in [1.54, 1.807) is 0 Å². The van der Waals surface area contributed by atoms with Crippen molar-refractivity contribution in [3.63, 3.8) is 0 Å². The van der Waals surface area contributed by atoms with Crippen molar-refractivity contribution in [3.8, 4) is 11.1 Å². The first-order chi connectivity index (χ1) is 12.8. The maximum Gasteiger partial charge on any atom is 0.312 e. The van der Waals surface area contributed by atoms with Crippen LogP contribution in [0.3, 0.4) is 0 Å². The van der Waals surface area contributed by atoms with Gasteiger partial charge in [-0.3, -0.25) is 9.59 Å². The molecule has 0 fully saturated rings. The summed E-state index contributed by atoms with van der Waals surface area (Å²) in [5, 5.41) is 0. The van der Waals surface area contributed by atoms with Gasteiger partial charge in [-0.2, -0.15) is 0 Å². The number of carbonyl (C=O) groups excluding carboxylic acids is 2. The van der Waals surface area contributed by atoms with E-state index in [0.29, 0.717) is 6.42 Å². The Morgan fingerprint density at radius 3 is 1.85 bits per heavy atom. The SMILES string of the molecule is COC(=O)C(C)CC1(C(C)(C)C(=O)OC)c2ccccc2-c2ccccc21. The highest BCUT2D eigenvalue weighted by atomic mass is 16.5. The lowest BCUT2D eigenvalue weighted by Gasteiger charge is -2.45. The van der Waals surface area contributed by atoms with Crippen LogP contribution in [0.25, 0.3) is 11.1 Å². The largest absolute Gasteiger partial charge is 0.469 e. The summed E-state index contributed by atoms with van der Waals surface area (Å²) in [6, 6.07) is 16.2. The monoisotopic (exact) mass is 366 g/mol. The van der Waals surface area contributed by atoms with E-state index >= 15 is 0 Å². The normalized spacial score (nSPS) is 15.4. The minimum Gasteiger partial charge on any atom is -0.469 e. The predicted molar refractivity (Wildman–Crippen MR) is 104 cm³/mol. The molecule has 142 valence electrons. The summed E-state index contributed by atoms with van der Waals surface area (Å²) in [4.78, 5) is 25.2. The van der Waals surface area contributed by atoms with Crippen molar-refractivity contribution in [2.75, 3.05) is 14.2 Å². The molecule has 1 aliphatic carbocycles. The van der Waals surface area contributed by atoms with Gasteiger partial charge in [-0.15, -0.1) is 0 Å². The second-order valence-electron chi connectivity index (χ2n) is 7.74. The Labute approximate surface area is 160 Å². The summed E-state index contributed by atoms with van der Waals surface area (Å²) < 4.78 is 10.2. The minimum absolute atomic E-state index is 0.281. The summed E-state index contributed by atoms with van der Waals surface area (Å²) >= 11 is 0. The Kier molecular flexibility index (Phi) is 4.85. The van der Waals surface area contributed by atoms with Crippen LogP contribution in [-0.2, 0) is 24.5 Å². The lowest BCUT2D eigenvalue weighted by molar-refractivity contribution is -0.156. The highest BCUT2D eigenvalue weighted by Gasteiger charge is 2.58. The summed E-state index contributed by atoms with van der Waals surface area (Å²) in [6.45, 7) is 5.66. The molecule has 1 unspecified atom stereocenters. The van der Waals surface area contributed by atoms with Crippen LogP contribution in [0.5, 0.6) is 0 Å². The molecule has 4 nitrogen and oxygen atoms in total. The smallest absolute Gasteiger partial charge is 0.312 e. The first kappa shape index (κ1) is 19.2. The number of methoxy groups -OCH3 is 2. The van der Waals surface area contributed by atoms with Crippen molar-refractivity contribution < 1.29 is 19.1 Å². The molecule has 27 heavy (non-hydrogen) atoms. The van der Waals surface area contributed by atoms with Crippen molar-refractivity contribution in [1.29, 1.82) is 0 Å². The van der Waals surface area contributed by atoms with E-state index in [4.69, 9.17) is 9.47 Å². The summed E-state index contributed by atoms with van der Waals surface area (Å²) in [5.41, 5.74) is 2.73. The second kappa shape index (κ2) is 6.84. The molecule has 1 atom stereocenters. The molecule has 0 aliphatic heterocycles. The molecule has 0 spiro atoms. The molecule has 0 amide bonds. The van der Waals surface area contributed by atoms with Crippen molar-refractivity contribution in [2.24, 2.45) is 11.3 Å². The number of hydrogen-bond donors (Lipinski definition) is 0. The Bertz CT molecular complexity index is 836. The van der Waals surface area contributed by atoms with E-state index in [0.717, 1.165) is 22.3 Å². The number of carbonyl (C=O) groups is 2. The zero-order valence-electron chi connectivity index (χ0n) is 16.5. The van der Waals surface area contributed by atoms with Gasteiger partial charge in [0.2, 0.25) is 0 Å². The maximum absolute atomic E-state index is 12.9. The van der Waals surface area contributed by atoms with Gasteiger partial charge in [0.15, 0.2) is 0 Å². The van der Waals surface area contributed by atoms with Gasteiger partial charge in [-0.25, -0.2) is 0 Å². The number of fused-ring (bicyclic) bond motifs is 3. The van der Waals surface area contributed by atoms with Gasteiger partial charge in [0.1, 0.15) is 0 Å². The molecule has 3 rings (SSSR count). The topological polar surface area (TPSA) is 52.6 Å². The Morgan fingerprint density at radius 2 is 1.41 bits per heavy atom. The Hall–Kier alpha value is -2.62. The first-order valence-electron chi connectivity index (χ1n) is 9.17. The summed E-state index contributed by atoms with van der Waals surface area (Å²) in [6.07, 6.45) is 0.454. The third kappa shape index (κ3) is 2.66. The third-order valence-electron chi connectivity index (χ3n) is 6.04. The van der Waals surface area contributed by atoms with Gasteiger partial charge in [-0.1, -0.05) is 55.5 Å². The average molecular weight is 366 g/mol. The molecular formula is C23H26O4. The van der Waals surface area contributed by atoms with Crippen LogP contribution in [0.2, 0.25) is 0 Å². The van der Waals surface area contributed by atoms with Crippen LogP contribution >= 0.6 is 0 Å². The van der Waals surface area contributed by atoms with E-state index in [9.17, 15) is 9.59 Å². The van der Waals surface area contributed by atoms with Gasteiger partial charge in [-0.05, 0) is 42.5 Å². The van der Waals surface area contributed by atoms with E-state index in [1.807, 2.05) is 45.0 Å². The number of benzene rings is 2. The molecule has 0 bridgehead atoms. The van der Waals surface area contributed by atoms with Gasteiger partial charge >= 0.3 is 11.9 Å². The fourth-order valence-corrected chi connectivity index (χ4v) is 4.65. The Balaban J connectivity index is 2.34. The van der Waals surface area contributed by atoms with E-state index in [-0.39, 0.29) is 17.9 Å². The fourth-order valence-electron chi connectivity index (χ4n) is 4.65. The highest BCUT2D eigenvalue weighted by Crippen LogP contribution is 2.60. The van der Waals surface area contributed by atoms with Crippen LogP contribution in [0.1, 0.15) is 38.3 Å². The van der Waals surface area contributed by atoms with Crippen molar-refractivity contribution in [3.05, 3.63) is 59.7 Å². The molecule has 0 radical (unpaired) electrons. The van der Waals surface area contributed by atoms with Crippen molar-refractivity contribution in [2.45, 2.75) is 32.6 Å². The van der Waals surface area contributed by atoms with E-state index in [2.05, 4.69) is 24.3 Å². The van der Waals surface area contributed by atoms with E-state index in [1.165, 1.54) is 14.2 Å². The first-order valence-corrected chi connectivity index (χ1v) is 9.17. The number of ether oxygens (including phenoxy) is 2. The summed E-state index contributed by atoms with van der Waals surface area (Å²) in [5.74, 6) is -0.957. The van der Waals surface area contributed by atoms with Crippen LogP contribution in [0.15, 0.2) is 48.5 Å².